The van der Waals surface area contributed by atoms with Crippen LogP contribution < -0.4 is 15.7 Å². The number of nitrogens with zero attached hydrogens (tertiary/aromatic N) is 4. The van der Waals surface area contributed by atoms with E-state index in [9.17, 15) is 9.59 Å². The van der Waals surface area contributed by atoms with Crippen molar-refractivity contribution < 1.29 is 9.53 Å². The van der Waals surface area contributed by atoms with Crippen LogP contribution >= 0.6 is 0 Å². The molecule has 0 saturated carbocycles. The number of hydrogen-bond acceptors (Lipinski definition) is 5. The van der Waals surface area contributed by atoms with Gasteiger partial charge in [-0.05, 0) is 67.8 Å². The summed E-state index contributed by atoms with van der Waals surface area (Å²) in [5.41, 5.74) is 4.67. The summed E-state index contributed by atoms with van der Waals surface area (Å²) in [5, 5.41) is 7.27. The zero-order valence-corrected chi connectivity index (χ0v) is 19.1. The SMILES string of the molecule is Cc1cc(C)cc(Oc2nc3ccccc3n3c(=O)n(CC(=O)Nc4ccccc4C)nc23)c1. The zero-order valence-electron chi connectivity index (χ0n) is 19.1. The fourth-order valence-electron chi connectivity index (χ4n) is 3.98. The lowest BCUT2D eigenvalue weighted by atomic mass is 10.1. The molecule has 5 aromatic rings. The Balaban J connectivity index is 1.58. The van der Waals surface area contributed by atoms with E-state index in [1.54, 1.807) is 12.1 Å². The van der Waals surface area contributed by atoms with E-state index in [1.807, 2.05) is 75.4 Å². The number of fused-ring (bicyclic) bond motifs is 3. The van der Waals surface area contributed by atoms with E-state index in [4.69, 9.17) is 4.74 Å². The van der Waals surface area contributed by atoms with Crippen LogP contribution in [0.25, 0.3) is 16.7 Å². The van der Waals surface area contributed by atoms with Crippen LogP contribution in [0.2, 0.25) is 0 Å². The highest BCUT2D eigenvalue weighted by Gasteiger charge is 2.19. The van der Waals surface area contributed by atoms with Crippen molar-refractivity contribution in [2.24, 2.45) is 0 Å². The van der Waals surface area contributed by atoms with E-state index in [0.717, 1.165) is 21.4 Å². The van der Waals surface area contributed by atoms with Gasteiger partial charge >= 0.3 is 5.69 Å². The minimum absolute atomic E-state index is 0.193. The first-order valence-electron chi connectivity index (χ1n) is 10.9. The van der Waals surface area contributed by atoms with E-state index in [1.165, 1.54) is 4.40 Å². The van der Waals surface area contributed by atoms with Crippen molar-refractivity contribution in [1.82, 2.24) is 19.2 Å². The molecule has 0 aliphatic rings. The lowest BCUT2D eigenvalue weighted by Gasteiger charge is -2.09. The van der Waals surface area contributed by atoms with Gasteiger partial charge in [-0.3, -0.25) is 4.79 Å². The van der Waals surface area contributed by atoms with Gasteiger partial charge in [0.25, 0.3) is 5.88 Å². The number of carbonyl (C=O) groups is 1. The van der Waals surface area contributed by atoms with Crippen LogP contribution in [-0.4, -0.2) is 25.1 Å². The van der Waals surface area contributed by atoms with E-state index < -0.39 is 5.69 Å². The van der Waals surface area contributed by atoms with Gasteiger partial charge in [0, 0.05) is 5.69 Å². The van der Waals surface area contributed by atoms with E-state index >= 15 is 0 Å². The zero-order chi connectivity index (χ0) is 23.8. The maximum absolute atomic E-state index is 13.3. The molecule has 0 spiro atoms. The third-order valence-corrected chi connectivity index (χ3v) is 5.50. The molecule has 5 rings (SSSR count). The molecule has 0 unspecified atom stereocenters. The highest BCUT2D eigenvalue weighted by molar-refractivity contribution is 5.91. The number of amides is 1. The molecule has 0 atom stereocenters. The topological polar surface area (TPSA) is 90.5 Å². The minimum atomic E-state index is -0.446. The molecule has 0 saturated heterocycles. The number of aromatic nitrogens is 4. The Morgan fingerprint density at radius 2 is 1.68 bits per heavy atom. The maximum Gasteiger partial charge on any atom is 0.351 e. The second-order valence-electron chi connectivity index (χ2n) is 8.29. The summed E-state index contributed by atoms with van der Waals surface area (Å²) >= 11 is 0. The third kappa shape index (κ3) is 4.01. The number of aryl methyl sites for hydroxylation is 3. The molecule has 2 heterocycles. The van der Waals surface area contributed by atoms with Crippen molar-refractivity contribution in [2.45, 2.75) is 27.3 Å². The quantitative estimate of drug-likeness (QED) is 0.426. The Bertz CT molecular complexity index is 1600. The van der Waals surface area contributed by atoms with Crippen molar-refractivity contribution >= 4 is 28.3 Å². The van der Waals surface area contributed by atoms with Gasteiger partial charge in [0.05, 0.1) is 11.0 Å². The Kier molecular flexibility index (Phi) is 5.33. The summed E-state index contributed by atoms with van der Waals surface area (Å²) < 4.78 is 8.66. The summed E-state index contributed by atoms with van der Waals surface area (Å²) in [6, 6.07) is 20.5. The third-order valence-electron chi connectivity index (χ3n) is 5.50. The number of anilines is 1. The van der Waals surface area contributed by atoms with Crippen molar-refractivity contribution in [1.29, 1.82) is 0 Å². The van der Waals surface area contributed by atoms with Gasteiger partial charge in [-0.2, -0.15) is 0 Å². The Hall–Kier alpha value is -4.46. The van der Waals surface area contributed by atoms with Crippen LogP contribution in [0.5, 0.6) is 11.6 Å². The van der Waals surface area contributed by atoms with Crippen molar-refractivity contribution in [2.75, 3.05) is 5.32 Å². The van der Waals surface area contributed by atoms with E-state index in [-0.39, 0.29) is 24.0 Å². The van der Waals surface area contributed by atoms with Crippen LogP contribution in [0.15, 0.2) is 71.5 Å². The number of para-hydroxylation sites is 3. The molecule has 2 aromatic heterocycles. The van der Waals surface area contributed by atoms with Gasteiger partial charge in [-0.15, -0.1) is 5.10 Å². The van der Waals surface area contributed by atoms with Crippen LogP contribution in [0.4, 0.5) is 5.69 Å². The average Bonchev–Trinajstić information content (AvgIpc) is 3.11. The lowest BCUT2D eigenvalue weighted by molar-refractivity contribution is -0.117. The van der Waals surface area contributed by atoms with Gasteiger partial charge in [0.15, 0.2) is 0 Å². The molecule has 1 N–H and O–H groups in total. The predicted molar refractivity (Wildman–Crippen MR) is 131 cm³/mol. The number of ether oxygens (including phenoxy) is 1. The molecule has 0 fully saturated rings. The predicted octanol–water partition coefficient (Wildman–Crippen LogP) is 4.40. The van der Waals surface area contributed by atoms with Crippen molar-refractivity contribution in [3.8, 4) is 11.6 Å². The Labute approximate surface area is 195 Å². The molecule has 0 bridgehead atoms. The molecule has 3 aromatic carbocycles. The molecule has 34 heavy (non-hydrogen) atoms. The largest absolute Gasteiger partial charge is 0.436 e. The monoisotopic (exact) mass is 453 g/mol. The molecular weight excluding hydrogens is 430 g/mol. The number of hydrogen-bond donors (Lipinski definition) is 1. The summed E-state index contributed by atoms with van der Waals surface area (Å²) in [5.74, 6) is 0.439. The number of carbonyl (C=O) groups excluding carboxylic acids is 1. The first-order valence-corrected chi connectivity index (χ1v) is 10.9. The molecule has 0 aliphatic heterocycles. The van der Waals surface area contributed by atoms with Crippen LogP contribution in [0.3, 0.4) is 0 Å². The molecular formula is C26H23N5O3. The number of benzene rings is 3. The summed E-state index contributed by atoms with van der Waals surface area (Å²) in [6.45, 7) is 5.62. The van der Waals surface area contributed by atoms with E-state index in [0.29, 0.717) is 22.5 Å². The Morgan fingerprint density at radius 1 is 0.971 bits per heavy atom. The molecule has 8 nitrogen and oxygen atoms in total. The fourth-order valence-corrected chi connectivity index (χ4v) is 3.98. The van der Waals surface area contributed by atoms with Gasteiger partial charge in [-0.1, -0.05) is 36.4 Å². The molecule has 8 heteroatoms. The highest BCUT2D eigenvalue weighted by atomic mass is 16.5. The summed E-state index contributed by atoms with van der Waals surface area (Å²) in [7, 11) is 0. The number of nitrogens with one attached hydrogen (secondary N) is 1. The first-order chi connectivity index (χ1) is 16.4. The first kappa shape index (κ1) is 21.4. The van der Waals surface area contributed by atoms with Gasteiger partial charge < -0.3 is 10.1 Å². The maximum atomic E-state index is 13.3. The fraction of sp³-hybridized carbons (Fsp3) is 0.154. The van der Waals surface area contributed by atoms with Crippen LogP contribution in [0, 0.1) is 20.8 Å². The summed E-state index contributed by atoms with van der Waals surface area (Å²) in [6.07, 6.45) is 0. The normalized spacial score (nSPS) is 11.1. The van der Waals surface area contributed by atoms with Crippen molar-refractivity contribution in [3.05, 3.63) is 93.9 Å². The average molecular weight is 454 g/mol. The van der Waals surface area contributed by atoms with Gasteiger partial charge in [0.2, 0.25) is 11.6 Å². The number of rotatable bonds is 5. The second kappa shape index (κ2) is 8.47. The van der Waals surface area contributed by atoms with Crippen LogP contribution in [0.1, 0.15) is 16.7 Å². The minimum Gasteiger partial charge on any atom is -0.436 e. The van der Waals surface area contributed by atoms with E-state index in [2.05, 4.69) is 15.4 Å². The van der Waals surface area contributed by atoms with Crippen molar-refractivity contribution in [3.63, 3.8) is 0 Å². The summed E-state index contributed by atoms with van der Waals surface area (Å²) in [4.78, 5) is 30.6. The van der Waals surface area contributed by atoms with Gasteiger partial charge in [-0.25, -0.2) is 18.9 Å². The molecule has 0 radical (unpaired) electrons. The molecule has 170 valence electrons. The Morgan fingerprint density at radius 3 is 2.44 bits per heavy atom. The highest BCUT2D eigenvalue weighted by Crippen LogP contribution is 2.27. The molecule has 0 aliphatic carbocycles. The van der Waals surface area contributed by atoms with Crippen LogP contribution in [-0.2, 0) is 11.3 Å². The standard InChI is InChI=1S/C26H23N5O3/c1-16-12-17(2)14-19(13-16)34-25-24-29-30(15-23(32)27-20-9-5-4-8-18(20)3)26(33)31(24)22-11-7-6-10-21(22)28-25/h4-14H,15H2,1-3H3,(H,27,32). The lowest BCUT2D eigenvalue weighted by Crippen LogP contribution is -2.28. The second-order valence-corrected chi connectivity index (χ2v) is 8.29. The van der Waals surface area contributed by atoms with Gasteiger partial charge in [0.1, 0.15) is 12.3 Å². The molecule has 1 amide bonds. The smallest absolute Gasteiger partial charge is 0.351 e.